The topological polar surface area (TPSA) is 0 Å². The summed E-state index contributed by atoms with van der Waals surface area (Å²) >= 11 is 0. The van der Waals surface area contributed by atoms with Gasteiger partial charge in [-0.3, -0.25) is 0 Å². The van der Waals surface area contributed by atoms with Gasteiger partial charge in [-0.05, 0) is 43.9 Å². The normalized spacial score (nSPS) is 10.7. The summed E-state index contributed by atoms with van der Waals surface area (Å²) in [4.78, 5) is 0. The van der Waals surface area contributed by atoms with E-state index < -0.39 is 0 Å². The fraction of sp³-hybridized carbons (Fsp3) is 0.333. The van der Waals surface area contributed by atoms with Crippen molar-refractivity contribution >= 4 is 5.57 Å². The molecule has 0 bridgehead atoms. The Morgan fingerprint density at radius 3 is 2.40 bits per heavy atom. The second kappa shape index (κ2) is 5.55. The highest BCUT2D eigenvalue weighted by atomic mass is 14.1. The lowest BCUT2D eigenvalue weighted by Gasteiger charge is -2.08. The van der Waals surface area contributed by atoms with Crippen molar-refractivity contribution in [3.8, 4) is 0 Å². The second-order valence-electron chi connectivity index (χ2n) is 4.04. The van der Waals surface area contributed by atoms with Crippen molar-refractivity contribution < 1.29 is 0 Å². The molecule has 0 saturated heterocycles. The van der Waals surface area contributed by atoms with E-state index in [1.54, 1.807) is 0 Å². The fourth-order valence-corrected chi connectivity index (χ4v) is 1.64. The fourth-order valence-electron chi connectivity index (χ4n) is 1.64. The maximum Gasteiger partial charge on any atom is -0.0156 e. The van der Waals surface area contributed by atoms with Crippen LogP contribution in [0.25, 0.3) is 5.57 Å². The van der Waals surface area contributed by atoms with Crippen LogP contribution in [0, 0.1) is 6.92 Å². The van der Waals surface area contributed by atoms with E-state index in [9.17, 15) is 0 Å². The van der Waals surface area contributed by atoms with E-state index in [-0.39, 0.29) is 0 Å². The predicted molar refractivity (Wildman–Crippen MR) is 68.9 cm³/mol. The van der Waals surface area contributed by atoms with E-state index in [2.05, 4.69) is 64.1 Å². The van der Waals surface area contributed by atoms with Crippen LogP contribution in [0.1, 0.15) is 38.3 Å². The highest BCUT2D eigenvalue weighted by Crippen LogP contribution is 2.23. The first-order valence-electron chi connectivity index (χ1n) is 5.56. The van der Waals surface area contributed by atoms with Gasteiger partial charge in [0.2, 0.25) is 0 Å². The van der Waals surface area contributed by atoms with E-state index >= 15 is 0 Å². The van der Waals surface area contributed by atoms with Crippen LogP contribution >= 0.6 is 0 Å². The molecule has 1 aromatic rings. The minimum atomic E-state index is 1.09. The molecule has 0 nitrogen and oxygen atoms in total. The second-order valence-corrected chi connectivity index (χ2v) is 4.04. The molecule has 0 radical (unpaired) electrons. The van der Waals surface area contributed by atoms with Gasteiger partial charge in [-0.2, -0.15) is 0 Å². The minimum absolute atomic E-state index is 1.09. The Hall–Kier alpha value is -1.30. The summed E-state index contributed by atoms with van der Waals surface area (Å²) in [6, 6.07) is 8.55. The molecule has 0 aliphatic rings. The summed E-state index contributed by atoms with van der Waals surface area (Å²) in [6.45, 7) is 8.67. The first-order chi connectivity index (χ1) is 7.16. The van der Waals surface area contributed by atoms with Crippen LogP contribution in [0.15, 0.2) is 42.0 Å². The number of allylic oxidation sites excluding steroid dienone is 4. The molecule has 1 aromatic carbocycles. The third kappa shape index (κ3) is 3.09. The molecule has 0 aliphatic carbocycles. The molecule has 0 heteroatoms. The Labute approximate surface area is 93.3 Å². The summed E-state index contributed by atoms with van der Waals surface area (Å²) in [7, 11) is 0. The molecule has 15 heavy (non-hydrogen) atoms. The zero-order valence-corrected chi connectivity index (χ0v) is 10.2. The van der Waals surface area contributed by atoms with E-state index in [0.717, 1.165) is 6.42 Å². The molecule has 1 rings (SSSR count). The van der Waals surface area contributed by atoms with E-state index in [0.29, 0.717) is 0 Å². The van der Waals surface area contributed by atoms with Gasteiger partial charge in [0.1, 0.15) is 0 Å². The lowest BCUT2D eigenvalue weighted by molar-refractivity contribution is 1.22. The van der Waals surface area contributed by atoms with E-state index in [1.807, 2.05) is 0 Å². The molecule has 0 N–H and O–H groups in total. The molecule has 0 saturated carbocycles. The van der Waals surface area contributed by atoms with Crippen LogP contribution in [0.3, 0.4) is 0 Å². The van der Waals surface area contributed by atoms with Crippen molar-refractivity contribution in [1.82, 2.24) is 0 Å². The SMILES string of the molecule is CC/C=C\C(=C(C)C)c1ccccc1C. The average Bonchev–Trinajstić information content (AvgIpc) is 2.20. The van der Waals surface area contributed by atoms with Crippen LogP contribution in [0.2, 0.25) is 0 Å². The maximum atomic E-state index is 2.23. The maximum absolute atomic E-state index is 2.23. The van der Waals surface area contributed by atoms with Gasteiger partial charge in [-0.15, -0.1) is 0 Å². The van der Waals surface area contributed by atoms with Gasteiger partial charge in [0.15, 0.2) is 0 Å². The number of hydrogen-bond donors (Lipinski definition) is 0. The van der Waals surface area contributed by atoms with Crippen LogP contribution in [-0.2, 0) is 0 Å². The summed E-state index contributed by atoms with van der Waals surface area (Å²) in [5, 5.41) is 0. The quantitative estimate of drug-likeness (QED) is 0.617. The molecule has 0 aliphatic heterocycles. The Bertz CT molecular complexity index is 377. The number of benzene rings is 1. The van der Waals surface area contributed by atoms with Gasteiger partial charge in [-0.25, -0.2) is 0 Å². The van der Waals surface area contributed by atoms with Crippen molar-refractivity contribution in [2.75, 3.05) is 0 Å². The average molecular weight is 200 g/mol. The van der Waals surface area contributed by atoms with Gasteiger partial charge in [0, 0.05) is 0 Å². The lowest BCUT2D eigenvalue weighted by atomic mass is 9.96. The van der Waals surface area contributed by atoms with Crippen LogP contribution < -0.4 is 0 Å². The van der Waals surface area contributed by atoms with Crippen LogP contribution in [0.4, 0.5) is 0 Å². The molecule has 0 aromatic heterocycles. The van der Waals surface area contributed by atoms with Crippen molar-refractivity contribution in [1.29, 1.82) is 0 Å². The highest BCUT2D eigenvalue weighted by Gasteiger charge is 2.02. The molecule has 0 heterocycles. The standard InChI is InChI=1S/C15H20/c1-5-6-10-14(12(2)3)15-11-8-7-9-13(15)4/h6-11H,5H2,1-4H3/b10-6-. The molecular formula is C15H20. The van der Waals surface area contributed by atoms with Crippen LogP contribution in [-0.4, -0.2) is 0 Å². The first-order valence-corrected chi connectivity index (χ1v) is 5.56. The molecule has 0 atom stereocenters. The Balaban J connectivity index is 3.18. The number of aryl methyl sites for hydroxylation is 1. The third-order valence-corrected chi connectivity index (χ3v) is 2.49. The Morgan fingerprint density at radius 2 is 1.87 bits per heavy atom. The first kappa shape index (κ1) is 11.8. The smallest absolute Gasteiger partial charge is 0.0156 e. The molecule has 0 amide bonds. The molecule has 80 valence electrons. The summed E-state index contributed by atoms with van der Waals surface area (Å²) in [5.74, 6) is 0. The van der Waals surface area contributed by atoms with Crippen molar-refractivity contribution in [2.45, 2.75) is 34.1 Å². The minimum Gasteiger partial charge on any atom is -0.0842 e. The van der Waals surface area contributed by atoms with Gasteiger partial charge in [0.25, 0.3) is 0 Å². The van der Waals surface area contributed by atoms with Crippen LogP contribution in [0.5, 0.6) is 0 Å². The summed E-state index contributed by atoms with van der Waals surface area (Å²) < 4.78 is 0. The summed E-state index contributed by atoms with van der Waals surface area (Å²) in [5.41, 5.74) is 5.42. The molecular weight excluding hydrogens is 180 g/mol. The van der Waals surface area contributed by atoms with Gasteiger partial charge in [0.05, 0.1) is 0 Å². The van der Waals surface area contributed by atoms with E-state index in [1.165, 1.54) is 22.3 Å². The van der Waals surface area contributed by atoms with Gasteiger partial charge >= 0.3 is 0 Å². The third-order valence-electron chi connectivity index (χ3n) is 2.49. The van der Waals surface area contributed by atoms with Gasteiger partial charge < -0.3 is 0 Å². The molecule has 0 fully saturated rings. The molecule has 0 unspecified atom stereocenters. The van der Waals surface area contributed by atoms with E-state index in [4.69, 9.17) is 0 Å². The lowest BCUT2D eigenvalue weighted by Crippen LogP contribution is -1.88. The zero-order chi connectivity index (χ0) is 11.3. The number of hydrogen-bond acceptors (Lipinski definition) is 0. The predicted octanol–water partition coefficient (Wildman–Crippen LogP) is 4.75. The number of rotatable bonds is 3. The van der Waals surface area contributed by atoms with Crippen molar-refractivity contribution in [2.24, 2.45) is 0 Å². The molecule has 0 spiro atoms. The Kier molecular flexibility index (Phi) is 4.36. The van der Waals surface area contributed by atoms with Crippen molar-refractivity contribution in [3.63, 3.8) is 0 Å². The van der Waals surface area contributed by atoms with Gasteiger partial charge in [-0.1, -0.05) is 48.9 Å². The summed E-state index contributed by atoms with van der Waals surface area (Å²) in [6.07, 6.45) is 5.54. The Morgan fingerprint density at radius 1 is 1.20 bits per heavy atom. The highest BCUT2D eigenvalue weighted by molar-refractivity contribution is 5.77. The zero-order valence-electron chi connectivity index (χ0n) is 10.2. The van der Waals surface area contributed by atoms with Crippen molar-refractivity contribution in [3.05, 3.63) is 53.1 Å². The monoisotopic (exact) mass is 200 g/mol. The largest absolute Gasteiger partial charge is 0.0842 e.